The monoisotopic (exact) mass is 294 g/mol. The molecular formula is C14H18N2O5. The SMILES string of the molecule is Cc1ccc([N+](=O)[O-])cc1C(=O)NC(C)(C)CCC(=O)O. The van der Waals surface area contributed by atoms with Crippen molar-refractivity contribution in [1.82, 2.24) is 5.32 Å². The number of hydrogen-bond donors (Lipinski definition) is 2. The molecule has 0 aromatic heterocycles. The van der Waals surface area contributed by atoms with Crippen LogP contribution in [0.5, 0.6) is 0 Å². The molecule has 0 atom stereocenters. The maximum Gasteiger partial charge on any atom is 0.303 e. The fourth-order valence-corrected chi connectivity index (χ4v) is 1.82. The Morgan fingerprint density at radius 3 is 2.52 bits per heavy atom. The molecule has 0 fully saturated rings. The molecule has 1 aromatic rings. The lowest BCUT2D eigenvalue weighted by atomic mass is 9.97. The number of aryl methyl sites for hydroxylation is 1. The average molecular weight is 294 g/mol. The van der Waals surface area contributed by atoms with E-state index in [2.05, 4.69) is 5.32 Å². The highest BCUT2D eigenvalue weighted by Gasteiger charge is 2.24. The third kappa shape index (κ3) is 4.87. The van der Waals surface area contributed by atoms with Gasteiger partial charge in [0.05, 0.1) is 4.92 Å². The van der Waals surface area contributed by atoms with E-state index in [1.807, 2.05) is 0 Å². The molecule has 7 nitrogen and oxygen atoms in total. The van der Waals surface area contributed by atoms with Crippen molar-refractivity contribution in [1.29, 1.82) is 0 Å². The normalized spacial score (nSPS) is 11.0. The van der Waals surface area contributed by atoms with Crippen LogP contribution in [0, 0.1) is 17.0 Å². The van der Waals surface area contributed by atoms with Crippen LogP contribution in [0.4, 0.5) is 5.69 Å². The summed E-state index contributed by atoms with van der Waals surface area (Å²) in [6.45, 7) is 5.10. The number of amides is 1. The number of nitro benzene ring substituents is 1. The average Bonchev–Trinajstić information content (AvgIpc) is 2.36. The van der Waals surface area contributed by atoms with Gasteiger partial charge in [-0.2, -0.15) is 0 Å². The molecule has 0 heterocycles. The van der Waals surface area contributed by atoms with Gasteiger partial charge < -0.3 is 10.4 Å². The van der Waals surface area contributed by atoms with Crippen molar-refractivity contribution in [3.8, 4) is 0 Å². The number of nitrogens with one attached hydrogen (secondary N) is 1. The summed E-state index contributed by atoms with van der Waals surface area (Å²) in [5.74, 6) is -1.39. The second-order valence-corrected chi connectivity index (χ2v) is 5.49. The van der Waals surface area contributed by atoms with Gasteiger partial charge in [0.15, 0.2) is 0 Å². The molecule has 0 aliphatic rings. The van der Waals surface area contributed by atoms with Crippen molar-refractivity contribution in [2.75, 3.05) is 0 Å². The van der Waals surface area contributed by atoms with E-state index in [0.717, 1.165) is 0 Å². The number of aliphatic carboxylic acids is 1. The predicted octanol–water partition coefficient (Wildman–Crippen LogP) is 2.28. The number of nitro groups is 1. The Hall–Kier alpha value is -2.44. The Morgan fingerprint density at radius 1 is 1.38 bits per heavy atom. The fraction of sp³-hybridized carbons (Fsp3) is 0.429. The molecule has 7 heteroatoms. The first-order valence-corrected chi connectivity index (χ1v) is 6.42. The topological polar surface area (TPSA) is 110 Å². The van der Waals surface area contributed by atoms with Crippen LogP contribution in [0.25, 0.3) is 0 Å². The number of nitrogens with zero attached hydrogens (tertiary/aromatic N) is 1. The molecule has 21 heavy (non-hydrogen) atoms. The van der Waals surface area contributed by atoms with Crippen LogP contribution in [0.15, 0.2) is 18.2 Å². The van der Waals surface area contributed by atoms with Crippen LogP contribution in [0.1, 0.15) is 42.6 Å². The van der Waals surface area contributed by atoms with Gasteiger partial charge in [-0.25, -0.2) is 0 Å². The van der Waals surface area contributed by atoms with Gasteiger partial charge >= 0.3 is 5.97 Å². The number of carbonyl (C=O) groups is 2. The van der Waals surface area contributed by atoms with Crippen molar-refractivity contribution < 1.29 is 19.6 Å². The van der Waals surface area contributed by atoms with Crippen molar-refractivity contribution in [2.45, 2.75) is 39.2 Å². The summed E-state index contributed by atoms with van der Waals surface area (Å²) in [6, 6.07) is 4.07. The summed E-state index contributed by atoms with van der Waals surface area (Å²) in [6.07, 6.45) is 0.198. The first-order valence-electron chi connectivity index (χ1n) is 6.42. The first kappa shape index (κ1) is 16.6. The van der Waals surface area contributed by atoms with Crippen molar-refractivity contribution >= 4 is 17.6 Å². The first-order chi connectivity index (χ1) is 9.62. The number of benzene rings is 1. The van der Waals surface area contributed by atoms with Crippen LogP contribution in [0.2, 0.25) is 0 Å². The van der Waals surface area contributed by atoms with Crippen molar-refractivity contribution in [2.24, 2.45) is 0 Å². The molecule has 114 valence electrons. The molecule has 1 amide bonds. The lowest BCUT2D eigenvalue weighted by molar-refractivity contribution is -0.384. The summed E-state index contributed by atoms with van der Waals surface area (Å²) in [5.41, 5.74) is -0.0409. The van der Waals surface area contributed by atoms with Gasteiger partial charge in [-0.1, -0.05) is 6.07 Å². The molecular weight excluding hydrogens is 276 g/mol. The Bertz CT molecular complexity index is 581. The summed E-state index contributed by atoms with van der Waals surface area (Å²) in [7, 11) is 0. The standard InChI is InChI=1S/C14H18N2O5/c1-9-4-5-10(16(20)21)8-11(9)13(19)15-14(2,3)7-6-12(17)18/h4-5,8H,6-7H2,1-3H3,(H,15,19)(H,17,18). The number of rotatable bonds is 6. The molecule has 0 saturated heterocycles. The van der Waals surface area contributed by atoms with Crippen molar-refractivity contribution in [3.63, 3.8) is 0 Å². The van der Waals surface area contributed by atoms with E-state index >= 15 is 0 Å². The Kier molecular flexibility index (Phi) is 5.02. The lowest BCUT2D eigenvalue weighted by Gasteiger charge is -2.26. The Balaban J connectivity index is 2.91. The number of non-ortho nitro benzene ring substituents is 1. The molecule has 0 bridgehead atoms. The number of carbonyl (C=O) groups excluding carboxylic acids is 1. The maximum absolute atomic E-state index is 12.2. The molecule has 1 rings (SSSR count). The molecule has 2 N–H and O–H groups in total. The zero-order valence-corrected chi connectivity index (χ0v) is 12.2. The molecule has 0 spiro atoms. The van der Waals surface area contributed by atoms with Crippen LogP contribution in [-0.2, 0) is 4.79 Å². The molecule has 1 aromatic carbocycles. The summed E-state index contributed by atoms with van der Waals surface area (Å²) in [5, 5.41) is 22.2. The number of carboxylic acids is 1. The molecule has 0 radical (unpaired) electrons. The van der Waals surface area contributed by atoms with Crippen molar-refractivity contribution in [3.05, 3.63) is 39.4 Å². The van der Waals surface area contributed by atoms with E-state index in [9.17, 15) is 19.7 Å². The third-order valence-electron chi connectivity index (χ3n) is 3.09. The maximum atomic E-state index is 12.2. The number of carboxylic acid groups (broad SMARTS) is 1. The quantitative estimate of drug-likeness (QED) is 0.617. The van der Waals surface area contributed by atoms with Gasteiger partial charge in [-0.15, -0.1) is 0 Å². The zero-order valence-electron chi connectivity index (χ0n) is 12.2. The summed E-state index contributed by atoms with van der Waals surface area (Å²) >= 11 is 0. The predicted molar refractivity (Wildman–Crippen MR) is 76.2 cm³/mol. The van der Waals surface area contributed by atoms with Crippen LogP contribution < -0.4 is 5.32 Å². The largest absolute Gasteiger partial charge is 0.481 e. The van der Waals surface area contributed by atoms with Gasteiger partial charge in [0, 0.05) is 29.7 Å². The highest BCUT2D eigenvalue weighted by atomic mass is 16.6. The highest BCUT2D eigenvalue weighted by Crippen LogP contribution is 2.19. The van der Waals surface area contributed by atoms with Gasteiger partial charge in [0.25, 0.3) is 11.6 Å². The lowest BCUT2D eigenvalue weighted by Crippen LogP contribution is -2.43. The minimum atomic E-state index is -0.941. The molecule has 0 saturated carbocycles. The second-order valence-electron chi connectivity index (χ2n) is 5.49. The van der Waals surface area contributed by atoms with Gasteiger partial charge in [-0.05, 0) is 32.8 Å². The summed E-state index contributed by atoms with van der Waals surface area (Å²) in [4.78, 5) is 33.0. The van der Waals surface area contributed by atoms with E-state index in [4.69, 9.17) is 5.11 Å². The number of hydrogen-bond acceptors (Lipinski definition) is 4. The Morgan fingerprint density at radius 2 is 2.00 bits per heavy atom. The molecule has 0 unspecified atom stereocenters. The van der Waals surface area contributed by atoms with E-state index in [1.165, 1.54) is 18.2 Å². The van der Waals surface area contributed by atoms with Crippen LogP contribution >= 0.6 is 0 Å². The van der Waals surface area contributed by atoms with E-state index < -0.39 is 22.3 Å². The minimum Gasteiger partial charge on any atom is -0.481 e. The smallest absolute Gasteiger partial charge is 0.303 e. The Labute approximate surface area is 122 Å². The summed E-state index contributed by atoms with van der Waals surface area (Å²) < 4.78 is 0. The van der Waals surface area contributed by atoms with E-state index in [0.29, 0.717) is 5.56 Å². The molecule has 0 aliphatic heterocycles. The van der Waals surface area contributed by atoms with Gasteiger partial charge in [0.2, 0.25) is 0 Å². The van der Waals surface area contributed by atoms with E-state index in [-0.39, 0.29) is 24.1 Å². The van der Waals surface area contributed by atoms with Crippen LogP contribution in [0.3, 0.4) is 0 Å². The molecule has 0 aliphatic carbocycles. The van der Waals surface area contributed by atoms with E-state index in [1.54, 1.807) is 20.8 Å². The van der Waals surface area contributed by atoms with Gasteiger partial charge in [-0.3, -0.25) is 19.7 Å². The highest BCUT2D eigenvalue weighted by molar-refractivity contribution is 5.96. The zero-order chi connectivity index (χ0) is 16.2. The third-order valence-corrected chi connectivity index (χ3v) is 3.09. The second kappa shape index (κ2) is 6.34. The van der Waals surface area contributed by atoms with Gasteiger partial charge in [0.1, 0.15) is 0 Å². The fourth-order valence-electron chi connectivity index (χ4n) is 1.82. The van der Waals surface area contributed by atoms with Crippen LogP contribution in [-0.4, -0.2) is 27.4 Å². The minimum absolute atomic E-state index is 0.0683.